The fourth-order valence-electron chi connectivity index (χ4n) is 1.21. The van der Waals surface area contributed by atoms with Crippen LogP contribution in [0.2, 0.25) is 6.04 Å². The van der Waals surface area contributed by atoms with Crippen LogP contribution in [0.3, 0.4) is 0 Å². The van der Waals surface area contributed by atoms with Gasteiger partial charge in [0.1, 0.15) is 6.79 Å². The van der Waals surface area contributed by atoms with Crippen LogP contribution in [-0.4, -0.2) is 36.4 Å². The SMILES string of the molecule is CCCC[Si](OC)(OC)OCOCCC. The molecule has 0 aliphatic carbocycles. The predicted octanol–water partition coefficient (Wildman–Crippen LogP) is 2.42. The van der Waals surface area contributed by atoms with Gasteiger partial charge in [0, 0.05) is 26.9 Å². The first kappa shape index (κ1) is 15.1. The highest BCUT2D eigenvalue weighted by Crippen LogP contribution is 2.17. The maximum absolute atomic E-state index is 5.60. The van der Waals surface area contributed by atoms with Gasteiger partial charge in [-0.25, -0.2) is 0 Å². The minimum atomic E-state index is -2.44. The third-order valence-corrected chi connectivity index (χ3v) is 4.94. The third-order valence-electron chi connectivity index (χ3n) is 2.17. The van der Waals surface area contributed by atoms with Crippen molar-refractivity contribution in [2.24, 2.45) is 0 Å². The summed E-state index contributed by atoms with van der Waals surface area (Å²) >= 11 is 0. The standard InChI is InChI=1S/C10H24O4Si/c1-5-7-9-15(11-3,12-4)14-10-13-8-6-2/h5-10H2,1-4H3. The molecule has 0 rings (SSSR count). The van der Waals surface area contributed by atoms with Crippen molar-refractivity contribution >= 4 is 8.80 Å². The van der Waals surface area contributed by atoms with E-state index in [0.29, 0.717) is 6.61 Å². The van der Waals surface area contributed by atoms with Crippen LogP contribution in [0.25, 0.3) is 0 Å². The summed E-state index contributed by atoms with van der Waals surface area (Å²) in [5.74, 6) is 0. The second kappa shape index (κ2) is 9.29. The molecule has 0 atom stereocenters. The number of ether oxygens (including phenoxy) is 1. The Morgan fingerprint density at radius 3 is 2.13 bits per heavy atom. The van der Waals surface area contributed by atoms with Gasteiger partial charge in [0.2, 0.25) is 0 Å². The highest BCUT2D eigenvalue weighted by Gasteiger charge is 2.38. The van der Waals surface area contributed by atoms with Crippen molar-refractivity contribution in [1.82, 2.24) is 0 Å². The van der Waals surface area contributed by atoms with Crippen molar-refractivity contribution in [3.05, 3.63) is 0 Å². The Hall–Kier alpha value is 0.0569. The van der Waals surface area contributed by atoms with Crippen molar-refractivity contribution in [3.63, 3.8) is 0 Å². The summed E-state index contributed by atoms with van der Waals surface area (Å²) in [5, 5.41) is 0. The zero-order valence-corrected chi connectivity index (χ0v) is 11.4. The van der Waals surface area contributed by atoms with Crippen LogP contribution in [0.5, 0.6) is 0 Å². The second-order valence-corrected chi connectivity index (χ2v) is 6.34. The van der Waals surface area contributed by atoms with Crippen LogP contribution in [0.15, 0.2) is 0 Å². The van der Waals surface area contributed by atoms with E-state index in [1.165, 1.54) is 0 Å². The molecule has 0 spiro atoms. The van der Waals surface area contributed by atoms with Crippen molar-refractivity contribution in [1.29, 1.82) is 0 Å². The molecule has 0 aliphatic heterocycles. The summed E-state index contributed by atoms with van der Waals surface area (Å²) in [7, 11) is 0.849. The Labute approximate surface area is 94.2 Å². The van der Waals surface area contributed by atoms with Gasteiger partial charge < -0.3 is 18.0 Å². The lowest BCUT2D eigenvalue weighted by molar-refractivity contribution is -0.0327. The molecule has 0 heterocycles. The van der Waals surface area contributed by atoms with Crippen LogP contribution in [0, 0.1) is 0 Å². The van der Waals surface area contributed by atoms with E-state index in [0.717, 1.165) is 25.3 Å². The molecule has 0 fully saturated rings. The number of hydrogen-bond acceptors (Lipinski definition) is 4. The van der Waals surface area contributed by atoms with Gasteiger partial charge in [0.05, 0.1) is 0 Å². The fraction of sp³-hybridized carbons (Fsp3) is 1.00. The first-order valence-corrected chi connectivity index (χ1v) is 7.49. The van der Waals surface area contributed by atoms with E-state index in [9.17, 15) is 0 Å². The van der Waals surface area contributed by atoms with E-state index in [1.54, 1.807) is 14.2 Å². The maximum atomic E-state index is 5.60. The molecule has 0 aromatic rings. The molecule has 0 aromatic heterocycles. The molecule has 4 nitrogen and oxygen atoms in total. The highest BCUT2D eigenvalue weighted by atomic mass is 28.4. The van der Waals surface area contributed by atoms with Gasteiger partial charge in [-0.3, -0.25) is 0 Å². The molecule has 0 saturated heterocycles. The quantitative estimate of drug-likeness (QED) is 0.332. The molecule has 0 unspecified atom stereocenters. The summed E-state index contributed by atoms with van der Waals surface area (Å²) in [6, 6.07) is 0.853. The molecule has 0 aliphatic rings. The molecular formula is C10H24O4Si. The van der Waals surface area contributed by atoms with Gasteiger partial charge in [-0.2, -0.15) is 0 Å². The molecular weight excluding hydrogens is 212 g/mol. The van der Waals surface area contributed by atoms with Gasteiger partial charge in [-0.05, 0) is 12.8 Å². The number of hydrogen-bond donors (Lipinski definition) is 0. The highest BCUT2D eigenvalue weighted by molar-refractivity contribution is 6.60. The van der Waals surface area contributed by atoms with Gasteiger partial charge in [-0.1, -0.05) is 20.3 Å². The largest absolute Gasteiger partial charge is 0.502 e. The third kappa shape index (κ3) is 6.27. The molecule has 0 amide bonds. The van der Waals surface area contributed by atoms with Crippen molar-refractivity contribution in [3.8, 4) is 0 Å². The Kier molecular flexibility index (Phi) is 9.33. The van der Waals surface area contributed by atoms with E-state index < -0.39 is 8.80 Å². The summed E-state index contributed by atoms with van der Waals surface area (Å²) in [6.07, 6.45) is 3.16. The summed E-state index contributed by atoms with van der Waals surface area (Å²) < 4.78 is 21.6. The zero-order valence-electron chi connectivity index (χ0n) is 10.4. The summed E-state index contributed by atoms with van der Waals surface area (Å²) in [5.41, 5.74) is 0. The molecule has 0 bridgehead atoms. The molecule has 0 N–H and O–H groups in total. The lowest BCUT2D eigenvalue weighted by atomic mass is 10.4. The van der Waals surface area contributed by atoms with E-state index >= 15 is 0 Å². The Balaban J connectivity index is 3.88. The lowest BCUT2D eigenvalue weighted by Gasteiger charge is -2.26. The normalized spacial score (nSPS) is 12.0. The minimum Gasteiger partial charge on any atom is -0.377 e. The maximum Gasteiger partial charge on any atom is 0.502 e. The molecule has 5 heteroatoms. The molecule has 15 heavy (non-hydrogen) atoms. The topological polar surface area (TPSA) is 36.9 Å². The molecule has 0 aromatic carbocycles. The van der Waals surface area contributed by atoms with Gasteiger partial charge >= 0.3 is 8.80 Å². The molecule has 0 radical (unpaired) electrons. The molecule has 0 saturated carbocycles. The van der Waals surface area contributed by atoms with E-state index in [4.69, 9.17) is 18.0 Å². The summed E-state index contributed by atoms with van der Waals surface area (Å²) in [6.45, 7) is 5.18. The number of unbranched alkanes of at least 4 members (excludes halogenated alkanes) is 1. The average molecular weight is 236 g/mol. The van der Waals surface area contributed by atoms with E-state index in [2.05, 4.69) is 13.8 Å². The Morgan fingerprint density at radius 2 is 1.67 bits per heavy atom. The second-order valence-electron chi connectivity index (χ2n) is 3.37. The van der Waals surface area contributed by atoms with Crippen molar-refractivity contribution in [2.45, 2.75) is 39.2 Å². The monoisotopic (exact) mass is 236 g/mol. The van der Waals surface area contributed by atoms with E-state index in [1.807, 2.05) is 0 Å². The van der Waals surface area contributed by atoms with Crippen LogP contribution < -0.4 is 0 Å². The first-order chi connectivity index (χ1) is 7.24. The first-order valence-electron chi connectivity index (χ1n) is 5.56. The van der Waals surface area contributed by atoms with Crippen LogP contribution >= 0.6 is 0 Å². The average Bonchev–Trinajstić information content (AvgIpc) is 2.29. The Morgan fingerprint density at radius 1 is 1.00 bits per heavy atom. The smallest absolute Gasteiger partial charge is 0.377 e. The predicted molar refractivity (Wildman–Crippen MR) is 61.7 cm³/mol. The van der Waals surface area contributed by atoms with Crippen LogP contribution in [0.1, 0.15) is 33.1 Å². The van der Waals surface area contributed by atoms with Gasteiger partial charge in [-0.15, -0.1) is 0 Å². The van der Waals surface area contributed by atoms with Gasteiger partial charge in [0.15, 0.2) is 0 Å². The lowest BCUT2D eigenvalue weighted by Crippen LogP contribution is -2.44. The summed E-state index contributed by atoms with van der Waals surface area (Å²) in [4.78, 5) is 0. The Bertz CT molecular complexity index is 139. The van der Waals surface area contributed by atoms with Crippen molar-refractivity contribution < 1.29 is 18.0 Å². The molecule has 92 valence electrons. The van der Waals surface area contributed by atoms with Gasteiger partial charge in [0.25, 0.3) is 0 Å². The number of rotatable bonds is 10. The van der Waals surface area contributed by atoms with Crippen molar-refractivity contribution in [2.75, 3.05) is 27.6 Å². The van der Waals surface area contributed by atoms with Crippen LogP contribution in [0.4, 0.5) is 0 Å². The van der Waals surface area contributed by atoms with E-state index in [-0.39, 0.29) is 6.79 Å². The zero-order chi connectivity index (χ0) is 11.6. The minimum absolute atomic E-state index is 0.269. The van der Waals surface area contributed by atoms with Crippen LogP contribution in [-0.2, 0) is 18.0 Å². The fourth-order valence-corrected chi connectivity index (χ4v) is 3.21.